The van der Waals surface area contributed by atoms with Crippen LogP contribution in [-0.2, 0) is 20.1 Å². The van der Waals surface area contributed by atoms with Crippen molar-refractivity contribution < 1.29 is 14.6 Å². The number of ether oxygens (including phenoxy) is 1. The molecule has 0 atom stereocenters. The normalized spacial score (nSPS) is 11.1. The molecule has 204 valence electrons. The van der Waals surface area contributed by atoms with E-state index in [4.69, 9.17) is 33.0 Å². The number of fused-ring (bicyclic) bond motifs is 1. The van der Waals surface area contributed by atoms with Gasteiger partial charge in [-0.3, -0.25) is 19.2 Å². The zero-order valence-electron chi connectivity index (χ0n) is 21.3. The molecule has 0 bridgehead atoms. The summed E-state index contributed by atoms with van der Waals surface area (Å²) in [7, 11) is 2.94. The first-order valence-electron chi connectivity index (χ1n) is 11.9. The molecule has 0 radical (unpaired) electrons. The van der Waals surface area contributed by atoms with Gasteiger partial charge in [-0.05, 0) is 29.3 Å². The zero-order valence-corrected chi connectivity index (χ0v) is 22.8. The molecule has 5 aromatic rings. The van der Waals surface area contributed by atoms with Gasteiger partial charge in [0.05, 0.1) is 25.2 Å². The molecule has 2 aromatic carbocycles. The molecule has 0 aliphatic rings. The van der Waals surface area contributed by atoms with Crippen molar-refractivity contribution in [3.63, 3.8) is 0 Å². The fraction of sp³-hybridized carbons (Fsp3) is 0.148. The highest BCUT2D eigenvalue weighted by Gasteiger charge is 2.25. The summed E-state index contributed by atoms with van der Waals surface area (Å²) in [6, 6.07) is 18.0. The molecule has 1 amide bonds. The van der Waals surface area contributed by atoms with Crippen molar-refractivity contribution in [1.82, 2.24) is 23.9 Å². The molecule has 2 N–H and O–H groups in total. The van der Waals surface area contributed by atoms with Crippen LogP contribution < -0.4 is 21.3 Å². The molecular formula is C27H22Cl2N6O5. The average Bonchev–Trinajstić information content (AvgIpc) is 3.31. The van der Waals surface area contributed by atoms with E-state index in [0.29, 0.717) is 5.75 Å². The van der Waals surface area contributed by atoms with Gasteiger partial charge in [0.15, 0.2) is 5.15 Å². The standard InChI is InChI=1S/C27H22Cl2N6O5/c1-33-25(36)20-22(18-12-19(31-26(37)38)30-23(29)21(18)28)32-35(14-15-6-4-3-5-7-15)24(20)34(27(33)39)13-16-8-10-17(40-2)11-9-16/h3-12H,13-14H2,1-2H3,(H,30,31)(H,37,38). The highest BCUT2D eigenvalue weighted by atomic mass is 35.5. The number of nitrogens with one attached hydrogen (secondary N) is 1. The summed E-state index contributed by atoms with van der Waals surface area (Å²) in [6.45, 7) is 0.354. The smallest absolute Gasteiger partial charge is 0.410 e. The highest BCUT2D eigenvalue weighted by molar-refractivity contribution is 6.43. The Morgan fingerprint density at radius 1 is 1.02 bits per heavy atom. The van der Waals surface area contributed by atoms with Gasteiger partial charge < -0.3 is 9.84 Å². The lowest BCUT2D eigenvalue weighted by Crippen LogP contribution is -2.39. The Bertz CT molecular complexity index is 1860. The van der Waals surface area contributed by atoms with Crippen molar-refractivity contribution in [2.45, 2.75) is 13.1 Å². The Morgan fingerprint density at radius 3 is 2.35 bits per heavy atom. The van der Waals surface area contributed by atoms with Gasteiger partial charge in [0.25, 0.3) is 5.56 Å². The number of aromatic nitrogens is 5. The third-order valence-electron chi connectivity index (χ3n) is 6.30. The number of hydrogen-bond acceptors (Lipinski definition) is 6. The maximum Gasteiger partial charge on any atom is 0.410 e. The predicted molar refractivity (Wildman–Crippen MR) is 152 cm³/mol. The van der Waals surface area contributed by atoms with Gasteiger partial charge >= 0.3 is 11.8 Å². The van der Waals surface area contributed by atoms with Crippen LogP contribution in [0.1, 0.15) is 11.1 Å². The van der Waals surface area contributed by atoms with Gasteiger partial charge in [0.1, 0.15) is 28.3 Å². The molecule has 11 nitrogen and oxygen atoms in total. The summed E-state index contributed by atoms with van der Waals surface area (Å²) in [6.07, 6.45) is -1.36. The summed E-state index contributed by atoms with van der Waals surface area (Å²) < 4.78 is 9.26. The number of methoxy groups -OCH3 is 1. The van der Waals surface area contributed by atoms with E-state index in [0.717, 1.165) is 15.7 Å². The number of carbonyl (C=O) groups is 1. The summed E-state index contributed by atoms with van der Waals surface area (Å²) >= 11 is 12.8. The Kier molecular flexibility index (Phi) is 7.33. The summed E-state index contributed by atoms with van der Waals surface area (Å²) in [5.41, 5.74) is 1.08. The van der Waals surface area contributed by atoms with Crippen LogP contribution in [0, 0.1) is 0 Å². The lowest BCUT2D eigenvalue weighted by Gasteiger charge is -2.13. The van der Waals surface area contributed by atoms with E-state index in [9.17, 15) is 19.5 Å². The molecule has 0 unspecified atom stereocenters. The van der Waals surface area contributed by atoms with Gasteiger partial charge in [0, 0.05) is 12.6 Å². The Labute approximate surface area is 236 Å². The van der Waals surface area contributed by atoms with Gasteiger partial charge in [-0.25, -0.2) is 19.3 Å². The molecular weight excluding hydrogens is 559 g/mol. The minimum absolute atomic E-state index is 0.0289. The van der Waals surface area contributed by atoms with Crippen molar-refractivity contribution in [3.8, 4) is 17.0 Å². The van der Waals surface area contributed by atoms with E-state index in [2.05, 4.69) is 10.3 Å². The van der Waals surface area contributed by atoms with Crippen LogP contribution in [0.15, 0.2) is 70.3 Å². The van der Waals surface area contributed by atoms with Crippen molar-refractivity contribution in [2.24, 2.45) is 7.05 Å². The van der Waals surface area contributed by atoms with Crippen molar-refractivity contribution >= 4 is 46.1 Å². The zero-order chi connectivity index (χ0) is 28.6. The second-order valence-corrected chi connectivity index (χ2v) is 9.60. The van der Waals surface area contributed by atoms with Gasteiger partial charge in [-0.15, -0.1) is 0 Å². The molecule has 3 aromatic heterocycles. The van der Waals surface area contributed by atoms with E-state index < -0.39 is 17.3 Å². The minimum atomic E-state index is -1.36. The van der Waals surface area contributed by atoms with E-state index in [1.54, 1.807) is 23.9 Å². The third kappa shape index (κ3) is 5.04. The van der Waals surface area contributed by atoms with Gasteiger partial charge in [-0.2, -0.15) is 5.10 Å². The highest BCUT2D eigenvalue weighted by Crippen LogP contribution is 2.36. The SMILES string of the molecule is COc1ccc(Cn2c(=O)n(C)c(=O)c3c(-c4cc(NC(=O)O)nc(Cl)c4Cl)nn(Cc4ccccc4)c32)cc1. The fourth-order valence-electron chi connectivity index (χ4n) is 4.41. The van der Waals surface area contributed by atoms with E-state index in [1.807, 2.05) is 42.5 Å². The van der Waals surface area contributed by atoms with Gasteiger partial charge in [-0.1, -0.05) is 65.7 Å². The first-order valence-corrected chi connectivity index (χ1v) is 12.7. The number of nitrogens with zero attached hydrogens (tertiary/aromatic N) is 5. The van der Waals surface area contributed by atoms with Crippen LogP contribution in [0.2, 0.25) is 10.2 Å². The number of anilines is 1. The average molecular weight is 581 g/mol. The first kappa shape index (κ1) is 27.0. The molecule has 13 heteroatoms. The maximum atomic E-state index is 13.6. The summed E-state index contributed by atoms with van der Waals surface area (Å²) in [4.78, 5) is 42.4. The molecule has 40 heavy (non-hydrogen) atoms. The maximum absolute atomic E-state index is 13.6. The molecule has 0 spiro atoms. The summed E-state index contributed by atoms with van der Waals surface area (Å²) in [5, 5.41) is 16.0. The Balaban J connectivity index is 1.82. The Hall–Kier alpha value is -4.61. The van der Waals surface area contributed by atoms with E-state index >= 15 is 0 Å². The number of benzene rings is 2. The second-order valence-electron chi connectivity index (χ2n) is 8.86. The second kappa shape index (κ2) is 10.9. The number of pyridine rings is 1. The quantitative estimate of drug-likeness (QED) is 0.271. The predicted octanol–water partition coefficient (Wildman–Crippen LogP) is 4.46. The largest absolute Gasteiger partial charge is 0.497 e. The van der Waals surface area contributed by atoms with Crippen molar-refractivity contribution in [2.75, 3.05) is 12.4 Å². The number of rotatable bonds is 7. The van der Waals surface area contributed by atoms with E-state index in [1.165, 1.54) is 17.7 Å². The monoisotopic (exact) mass is 580 g/mol. The summed E-state index contributed by atoms with van der Waals surface area (Å²) in [5.74, 6) is 0.555. The topological polar surface area (TPSA) is 133 Å². The van der Waals surface area contributed by atoms with Crippen molar-refractivity contribution in [1.29, 1.82) is 0 Å². The van der Waals surface area contributed by atoms with E-state index in [-0.39, 0.29) is 51.4 Å². The number of halogens is 2. The van der Waals surface area contributed by atoms with Crippen LogP contribution in [0.4, 0.5) is 10.6 Å². The molecule has 0 saturated carbocycles. The van der Waals surface area contributed by atoms with Crippen LogP contribution in [0.3, 0.4) is 0 Å². The van der Waals surface area contributed by atoms with Crippen LogP contribution in [0.5, 0.6) is 5.75 Å². The molecule has 0 fully saturated rings. The van der Waals surface area contributed by atoms with Gasteiger partial charge in [0.2, 0.25) is 0 Å². The lowest BCUT2D eigenvalue weighted by atomic mass is 10.1. The van der Waals surface area contributed by atoms with Crippen LogP contribution in [-0.4, -0.2) is 42.2 Å². The lowest BCUT2D eigenvalue weighted by molar-refractivity contribution is 0.209. The molecule has 0 aliphatic carbocycles. The number of carboxylic acid groups (broad SMARTS) is 1. The van der Waals surface area contributed by atoms with Crippen LogP contribution >= 0.6 is 23.2 Å². The van der Waals surface area contributed by atoms with Crippen molar-refractivity contribution in [3.05, 3.63) is 103 Å². The minimum Gasteiger partial charge on any atom is -0.497 e. The third-order valence-corrected chi connectivity index (χ3v) is 7.05. The molecule has 3 heterocycles. The fourth-order valence-corrected chi connectivity index (χ4v) is 4.79. The molecule has 0 saturated heterocycles. The number of amides is 1. The molecule has 0 aliphatic heterocycles. The first-order chi connectivity index (χ1) is 19.2. The van der Waals surface area contributed by atoms with Crippen LogP contribution in [0.25, 0.3) is 22.3 Å². The molecule has 5 rings (SSSR count). The Morgan fingerprint density at radius 2 is 1.70 bits per heavy atom. The number of hydrogen-bond donors (Lipinski definition) is 2.